The molecule has 0 saturated heterocycles. The quantitative estimate of drug-likeness (QED) is 0.662. The van der Waals surface area contributed by atoms with E-state index < -0.39 is 11.4 Å². The van der Waals surface area contributed by atoms with Crippen molar-refractivity contribution in [3.05, 3.63) is 29.3 Å². The third-order valence-corrected chi connectivity index (χ3v) is 3.03. The molecule has 22 heavy (non-hydrogen) atoms. The Morgan fingerprint density at radius 1 is 1.23 bits per heavy atom. The van der Waals surface area contributed by atoms with Gasteiger partial charge in [-0.15, -0.1) is 0 Å². The topological polar surface area (TPSA) is 67.8 Å². The van der Waals surface area contributed by atoms with Gasteiger partial charge in [-0.05, 0) is 31.2 Å². The highest BCUT2D eigenvalue weighted by Gasteiger charge is 2.23. The second-order valence-corrected chi connectivity index (χ2v) is 6.16. The van der Waals surface area contributed by atoms with E-state index in [4.69, 9.17) is 16.3 Å². The molecule has 0 radical (unpaired) electrons. The molecule has 2 amide bonds. The summed E-state index contributed by atoms with van der Waals surface area (Å²) in [5.41, 5.74) is 0.0565. The van der Waals surface area contributed by atoms with Gasteiger partial charge >= 0.3 is 6.03 Å². The van der Waals surface area contributed by atoms with Crippen LogP contribution in [0.25, 0.3) is 0 Å². The molecule has 0 saturated carbocycles. The second kappa shape index (κ2) is 7.94. The van der Waals surface area contributed by atoms with Crippen LogP contribution in [0.15, 0.2) is 29.3 Å². The monoisotopic (exact) mass is 324 g/mol. The van der Waals surface area contributed by atoms with Crippen molar-refractivity contribution in [2.24, 2.45) is 10.4 Å². The van der Waals surface area contributed by atoms with Gasteiger partial charge in [-0.2, -0.15) is 4.99 Å². The number of halogens is 1. The van der Waals surface area contributed by atoms with Crippen molar-refractivity contribution in [1.82, 2.24) is 0 Å². The molecular weight excluding hydrogens is 304 g/mol. The van der Waals surface area contributed by atoms with Crippen molar-refractivity contribution in [2.75, 3.05) is 11.9 Å². The van der Waals surface area contributed by atoms with Crippen molar-refractivity contribution in [3.63, 3.8) is 0 Å². The van der Waals surface area contributed by atoms with Gasteiger partial charge in [-0.1, -0.05) is 32.4 Å². The number of carbonyl (C=O) groups is 2. The summed E-state index contributed by atoms with van der Waals surface area (Å²) < 4.78 is 5.28. The number of amides is 2. The Morgan fingerprint density at radius 3 is 2.32 bits per heavy atom. The summed E-state index contributed by atoms with van der Waals surface area (Å²) in [7, 11) is 0. The minimum absolute atomic E-state index is 0.00855. The number of aliphatic imine (C=N–C) groups is 1. The standard InChI is InChI=1S/C16H21ClN2O3/c1-5-22-14(10-13(20)16(2,3)4)19-15(21)18-12-8-6-11(17)7-9-12/h6-9H,5,10H2,1-4H3,(H,18,21). The number of carbonyl (C=O) groups excluding carboxylic acids is 2. The summed E-state index contributed by atoms with van der Waals surface area (Å²) >= 11 is 5.78. The average Bonchev–Trinajstić information content (AvgIpc) is 2.40. The van der Waals surface area contributed by atoms with Gasteiger partial charge in [-0.3, -0.25) is 4.79 Å². The molecule has 0 fully saturated rings. The van der Waals surface area contributed by atoms with Crippen molar-refractivity contribution in [2.45, 2.75) is 34.1 Å². The average molecular weight is 325 g/mol. The molecule has 120 valence electrons. The number of benzene rings is 1. The van der Waals surface area contributed by atoms with E-state index in [9.17, 15) is 9.59 Å². The maximum Gasteiger partial charge on any atom is 0.348 e. The summed E-state index contributed by atoms with van der Waals surface area (Å²) in [5, 5.41) is 3.17. The Hall–Kier alpha value is -1.88. The number of ether oxygens (including phenoxy) is 1. The third-order valence-electron chi connectivity index (χ3n) is 2.78. The lowest BCUT2D eigenvalue weighted by molar-refractivity contribution is -0.125. The fraction of sp³-hybridized carbons (Fsp3) is 0.438. The van der Waals surface area contributed by atoms with E-state index in [1.54, 1.807) is 31.2 Å². The Kier molecular flexibility index (Phi) is 6.56. The number of nitrogens with zero attached hydrogens (tertiary/aromatic N) is 1. The first kappa shape index (κ1) is 18.2. The molecule has 0 aromatic heterocycles. The van der Waals surface area contributed by atoms with Crippen LogP contribution in [0.3, 0.4) is 0 Å². The Balaban J connectivity index is 2.77. The SMILES string of the molecule is CCOC(CC(=O)C(C)(C)C)=NC(=O)Nc1ccc(Cl)cc1. The first-order valence-corrected chi connectivity index (χ1v) is 7.40. The van der Waals surface area contributed by atoms with Crippen molar-refractivity contribution in [1.29, 1.82) is 0 Å². The molecule has 1 rings (SSSR count). The molecule has 1 N–H and O–H groups in total. The molecule has 0 heterocycles. The van der Waals surface area contributed by atoms with Crippen LogP contribution in [-0.4, -0.2) is 24.3 Å². The number of Topliss-reactive ketones (excluding diaryl/α,β-unsaturated/α-hetero) is 1. The summed E-state index contributed by atoms with van der Waals surface area (Å²) in [6, 6.07) is 6.06. The third kappa shape index (κ3) is 6.26. The van der Waals surface area contributed by atoms with E-state index in [0.29, 0.717) is 17.3 Å². The largest absolute Gasteiger partial charge is 0.481 e. The van der Waals surface area contributed by atoms with Gasteiger partial charge in [0.05, 0.1) is 13.0 Å². The van der Waals surface area contributed by atoms with Gasteiger partial charge in [0, 0.05) is 16.1 Å². The van der Waals surface area contributed by atoms with Gasteiger partial charge < -0.3 is 10.1 Å². The zero-order valence-corrected chi connectivity index (χ0v) is 14.0. The lowest BCUT2D eigenvalue weighted by Crippen LogP contribution is -2.25. The van der Waals surface area contributed by atoms with Gasteiger partial charge in [0.15, 0.2) is 0 Å². The highest BCUT2D eigenvalue weighted by molar-refractivity contribution is 6.30. The number of ketones is 1. The number of anilines is 1. The highest BCUT2D eigenvalue weighted by atomic mass is 35.5. The number of hydrogen-bond acceptors (Lipinski definition) is 3. The van der Waals surface area contributed by atoms with Crippen LogP contribution in [0.4, 0.5) is 10.5 Å². The van der Waals surface area contributed by atoms with Gasteiger partial charge in [-0.25, -0.2) is 4.79 Å². The molecule has 0 aliphatic carbocycles. The normalized spacial score (nSPS) is 12.0. The second-order valence-electron chi connectivity index (χ2n) is 5.73. The molecule has 0 atom stereocenters. The molecule has 5 nitrogen and oxygen atoms in total. The zero-order valence-electron chi connectivity index (χ0n) is 13.3. The van der Waals surface area contributed by atoms with Crippen LogP contribution < -0.4 is 5.32 Å². The summed E-state index contributed by atoms with van der Waals surface area (Å²) in [6.07, 6.45) is -0.00855. The molecular formula is C16H21ClN2O3. The van der Waals surface area contributed by atoms with Crippen LogP contribution in [0.2, 0.25) is 5.02 Å². The van der Waals surface area contributed by atoms with Crippen LogP contribution in [-0.2, 0) is 9.53 Å². The smallest absolute Gasteiger partial charge is 0.348 e. The van der Waals surface area contributed by atoms with Crippen LogP contribution in [0, 0.1) is 5.41 Å². The van der Waals surface area contributed by atoms with E-state index in [2.05, 4.69) is 10.3 Å². The lowest BCUT2D eigenvalue weighted by Gasteiger charge is -2.17. The first-order valence-electron chi connectivity index (χ1n) is 7.02. The first-order chi connectivity index (χ1) is 10.2. The van der Waals surface area contributed by atoms with Crippen LogP contribution in [0.5, 0.6) is 0 Å². The van der Waals surface area contributed by atoms with Crippen molar-refractivity contribution >= 4 is 35.0 Å². The summed E-state index contributed by atoms with van der Waals surface area (Å²) in [4.78, 5) is 27.7. The lowest BCUT2D eigenvalue weighted by atomic mass is 9.89. The Bertz CT molecular complexity index is 560. The number of rotatable bonds is 4. The van der Waals surface area contributed by atoms with Gasteiger partial charge in [0.25, 0.3) is 0 Å². The highest BCUT2D eigenvalue weighted by Crippen LogP contribution is 2.18. The van der Waals surface area contributed by atoms with Gasteiger partial charge in [0.2, 0.25) is 5.90 Å². The fourth-order valence-electron chi connectivity index (χ4n) is 1.49. The zero-order chi connectivity index (χ0) is 16.8. The molecule has 0 bridgehead atoms. The minimum atomic E-state index is -0.590. The minimum Gasteiger partial charge on any atom is -0.481 e. The number of nitrogens with one attached hydrogen (secondary N) is 1. The predicted molar refractivity (Wildman–Crippen MR) is 88.6 cm³/mol. The van der Waals surface area contributed by atoms with Crippen molar-refractivity contribution < 1.29 is 14.3 Å². The number of urea groups is 1. The summed E-state index contributed by atoms with van der Waals surface area (Å²) in [6.45, 7) is 7.55. The van der Waals surface area contributed by atoms with E-state index >= 15 is 0 Å². The van der Waals surface area contributed by atoms with E-state index in [0.717, 1.165) is 0 Å². The van der Waals surface area contributed by atoms with Crippen LogP contribution in [0.1, 0.15) is 34.1 Å². The van der Waals surface area contributed by atoms with Gasteiger partial charge in [0.1, 0.15) is 5.78 Å². The van der Waals surface area contributed by atoms with E-state index in [1.165, 1.54) is 0 Å². The van der Waals surface area contributed by atoms with E-state index in [-0.39, 0.29) is 18.1 Å². The van der Waals surface area contributed by atoms with E-state index in [1.807, 2.05) is 20.8 Å². The predicted octanol–water partition coefficient (Wildman–Crippen LogP) is 4.31. The molecule has 1 aromatic carbocycles. The molecule has 0 unspecified atom stereocenters. The molecule has 0 aliphatic rings. The molecule has 1 aromatic rings. The molecule has 0 aliphatic heterocycles. The maximum absolute atomic E-state index is 12.0. The van der Waals surface area contributed by atoms with Crippen LogP contribution >= 0.6 is 11.6 Å². The number of hydrogen-bond donors (Lipinski definition) is 1. The molecule has 0 spiro atoms. The maximum atomic E-state index is 12.0. The molecule has 6 heteroatoms. The summed E-state index contributed by atoms with van der Waals surface area (Å²) in [5.74, 6) is 0.0767. The Labute approximate surface area is 135 Å². The fourth-order valence-corrected chi connectivity index (χ4v) is 1.62. The van der Waals surface area contributed by atoms with Crippen molar-refractivity contribution in [3.8, 4) is 0 Å². The Morgan fingerprint density at radius 2 is 1.82 bits per heavy atom.